The molecule has 1 saturated heterocycles. The van der Waals surface area contributed by atoms with Gasteiger partial charge in [-0.05, 0) is 29.2 Å². The highest BCUT2D eigenvalue weighted by atomic mass is 16.2. The summed E-state index contributed by atoms with van der Waals surface area (Å²) in [6.45, 7) is 4.83. The molecule has 1 fully saturated rings. The molecule has 2 aromatic rings. The minimum atomic E-state index is -0.110. The van der Waals surface area contributed by atoms with Crippen LogP contribution in [-0.4, -0.2) is 23.4 Å². The number of nitrogens with zero attached hydrogens (tertiary/aromatic N) is 1. The molecule has 0 aromatic heterocycles. The first kappa shape index (κ1) is 17.0. The van der Waals surface area contributed by atoms with Crippen molar-refractivity contribution in [1.29, 1.82) is 0 Å². The first-order chi connectivity index (χ1) is 12.0. The van der Waals surface area contributed by atoms with Crippen molar-refractivity contribution >= 4 is 17.6 Å². The van der Waals surface area contributed by atoms with Crippen molar-refractivity contribution in [3.05, 3.63) is 65.7 Å². The summed E-state index contributed by atoms with van der Waals surface area (Å²) in [5, 5.41) is 5.73. The minimum absolute atomic E-state index is 0.0584. The van der Waals surface area contributed by atoms with Crippen LogP contribution in [0.4, 0.5) is 10.5 Å². The average Bonchev–Trinajstić information content (AvgIpc) is 2.58. The number of likely N-dealkylation sites (tertiary alicyclic amines) is 1. The first-order valence-electron chi connectivity index (χ1n) is 8.50. The van der Waals surface area contributed by atoms with Crippen molar-refractivity contribution in [2.75, 3.05) is 11.9 Å². The smallest absolute Gasteiger partial charge is 0.318 e. The van der Waals surface area contributed by atoms with Gasteiger partial charge in [0, 0.05) is 25.7 Å². The van der Waals surface area contributed by atoms with Crippen LogP contribution < -0.4 is 10.6 Å². The number of amides is 3. The monoisotopic (exact) mass is 337 g/mol. The lowest BCUT2D eigenvalue weighted by atomic mass is 9.85. The van der Waals surface area contributed by atoms with E-state index in [0.29, 0.717) is 12.5 Å². The quantitative estimate of drug-likeness (QED) is 0.896. The topological polar surface area (TPSA) is 61.4 Å². The summed E-state index contributed by atoms with van der Waals surface area (Å²) in [7, 11) is 0. The molecule has 0 saturated carbocycles. The summed E-state index contributed by atoms with van der Waals surface area (Å²) in [5.41, 5.74) is 2.85. The Morgan fingerprint density at radius 2 is 1.88 bits per heavy atom. The number of benzene rings is 2. The molecule has 5 heteroatoms. The SMILES string of the molecule is CC(=O)Nc1cccc(CNC(=O)N2C[C@H](C)[C@H]2c2ccccc2)c1. The maximum absolute atomic E-state index is 12.5. The summed E-state index contributed by atoms with van der Waals surface area (Å²) in [6.07, 6.45) is 0. The predicted octanol–water partition coefficient (Wildman–Crippen LogP) is 3.55. The van der Waals surface area contributed by atoms with E-state index in [4.69, 9.17) is 0 Å². The van der Waals surface area contributed by atoms with Gasteiger partial charge in [-0.25, -0.2) is 4.79 Å². The molecule has 0 radical (unpaired) electrons. The minimum Gasteiger partial charge on any atom is -0.334 e. The van der Waals surface area contributed by atoms with Crippen molar-refractivity contribution in [2.24, 2.45) is 5.92 Å². The lowest BCUT2D eigenvalue weighted by Crippen LogP contribution is -2.54. The van der Waals surface area contributed by atoms with Crippen LogP contribution in [0.25, 0.3) is 0 Å². The van der Waals surface area contributed by atoms with E-state index >= 15 is 0 Å². The van der Waals surface area contributed by atoms with Crippen LogP contribution in [0.5, 0.6) is 0 Å². The van der Waals surface area contributed by atoms with E-state index in [-0.39, 0.29) is 18.0 Å². The predicted molar refractivity (Wildman–Crippen MR) is 98.0 cm³/mol. The van der Waals surface area contributed by atoms with E-state index in [2.05, 4.69) is 29.7 Å². The number of carbonyl (C=O) groups excluding carboxylic acids is 2. The zero-order chi connectivity index (χ0) is 17.8. The molecule has 0 spiro atoms. The second-order valence-electron chi connectivity index (χ2n) is 6.53. The maximum Gasteiger partial charge on any atom is 0.318 e. The van der Waals surface area contributed by atoms with Crippen LogP contribution >= 0.6 is 0 Å². The van der Waals surface area contributed by atoms with E-state index in [9.17, 15) is 9.59 Å². The normalized spacial score (nSPS) is 19.0. The molecule has 2 N–H and O–H groups in total. The van der Waals surface area contributed by atoms with Crippen molar-refractivity contribution in [2.45, 2.75) is 26.4 Å². The molecule has 3 amide bonds. The highest BCUT2D eigenvalue weighted by Crippen LogP contribution is 2.38. The van der Waals surface area contributed by atoms with Crippen LogP contribution in [0.15, 0.2) is 54.6 Å². The Labute approximate surface area is 148 Å². The zero-order valence-electron chi connectivity index (χ0n) is 14.5. The molecular formula is C20H23N3O2. The Kier molecular flexibility index (Phi) is 5.03. The summed E-state index contributed by atoms with van der Waals surface area (Å²) in [6, 6.07) is 17.7. The van der Waals surface area contributed by atoms with E-state index in [1.165, 1.54) is 12.5 Å². The lowest BCUT2D eigenvalue weighted by Gasteiger charge is -2.46. The fourth-order valence-corrected chi connectivity index (χ4v) is 3.30. The molecule has 130 valence electrons. The van der Waals surface area contributed by atoms with Crippen LogP contribution in [0.2, 0.25) is 0 Å². The van der Waals surface area contributed by atoms with Gasteiger partial charge in [-0.1, -0.05) is 49.4 Å². The average molecular weight is 337 g/mol. The number of anilines is 1. The van der Waals surface area contributed by atoms with Crippen molar-refractivity contribution in [1.82, 2.24) is 10.2 Å². The Bertz CT molecular complexity index is 761. The van der Waals surface area contributed by atoms with Gasteiger partial charge in [0.25, 0.3) is 0 Å². The van der Waals surface area contributed by atoms with E-state index in [1.807, 2.05) is 47.4 Å². The van der Waals surface area contributed by atoms with Gasteiger partial charge in [0.2, 0.25) is 5.91 Å². The fraction of sp³-hybridized carbons (Fsp3) is 0.300. The third-order valence-corrected chi connectivity index (χ3v) is 4.45. The molecular weight excluding hydrogens is 314 g/mol. The summed E-state index contributed by atoms with van der Waals surface area (Å²) >= 11 is 0. The van der Waals surface area contributed by atoms with Crippen molar-refractivity contribution in [3.63, 3.8) is 0 Å². The van der Waals surface area contributed by atoms with Gasteiger partial charge >= 0.3 is 6.03 Å². The largest absolute Gasteiger partial charge is 0.334 e. The Morgan fingerprint density at radius 3 is 2.56 bits per heavy atom. The lowest BCUT2D eigenvalue weighted by molar-refractivity contribution is -0.114. The molecule has 0 bridgehead atoms. The van der Waals surface area contributed by atoms with Gasteiger partial charge in [-0.15, -0.1) is 0 Å². The summed E-state index contributed by atoms with van der Waals surface area (Å²) < 4.78 is 0. The van der Waals surface area contributed by atoms with Gasteiger partial charge in [-0.3, -0.25) is 4.79 Å². The zero-order valence-corrected chi connectivity index (χ0v) is 14.5. The Balaban J connectivity index is 1.60. The second-order valence-corrected chi connectivity index (χ2v) is 6.53. The fourth-order valence-electron chi connectivity index (χ4n) is 3.30. The number of nitrogens with one attached hydrogen (secondary N) is 2. The molecule has 5 nitrogen and oxygen atoms in total. The maximum atomic E-state index is 12.5. The van der Waals surface area contributed by atoms with Gasteiger partial charge in [-0.2, -0.15) is 0 Å². The molecule has 1 aliphatic rings. The number of hydrogen-bond acceptors (Lipinski definition) is 2. The van der Waals surface area contributed by atoms with Crippen LogP contribution in [0.1, 0.15) is 31.0 Å². The molecule has 1 aliphatic heterocycles. The molecule has 1 heterocycles. The molecule has 2 aromatic carbocycles. The van der Waals surface area contributed by atoms with Crippen LogP contribution in [0.3, 0.4) is 0 Å². The highest BCUT2D eigenvalue weighted by molar-refractivity contribution is 5.88. The Morgan fingerprint density at radius 1 is 1.12 bits per heavy atom. The van der Waals surface area contributed by atoms with Crippen molar-refractivity contribution in [3.8, 4) is 0 Å². The van der Waals surface area contributed by atoms with E-state index in [0.717, 1.165) is 17.8 Å². The van der Waals surface area contributed by atoms with Gasteiger partial charge in [0.1, 0.15) is 0 Å². The molecule has 25 heavy (non-hydrogen) atoms. The van der Waals surface area contributed by atoms with E-state index < -0.39 is 0 Å². The van der Waals surface area contributed by atoms with Crippen LogP contribution in [0, 0.1) is 5.92 Å². The number of rotatable bonds is 4. The van der Waals surface area contributed by atoms with Gasteiger partial charge in [0.05, 0.1) is 6.04 Å². The molecule has 3 rings (SSSR count). The number of hydrogen-bond donors (Lipinski definition) is 2. The van der Waals surface area contributed by atoms with Gasteiger partial charge < -0.3 is 15.5 Å². The molecule has 0 aliphatic carbocycles. The standard InChI is InChI=1S/C20H23N3O2/c1-14-13-23(19(14)17-8-4-3-5-9-17)20(25)21-12-16-7-6-10-18(11-16)22-15(2)24/h3-11,14,19H,12-13H2,1-2H3,(H,21,25)(H,22,24)/t14-,19-/m0/s1. The summed E-state index contributed by atoms with van der Waals surface area (Å²) in [5.74, 6) is 0.345. The van der Waals surface area contributed by atoms with Crippen molar-refractivity contribution < 1.29 is 9.59 Å². The molecule has 0 unspecified atom stereocenters. The first-order valence-corrected chi connectivity index (χ1v) is 8.50. The molecule has 2 atom stereocenters. The Hall–Kier alpha value is -2.82. The third-order valence-electron chi connectivity index (χ3n) is 4.45. The summed E-state index contributed by atoms with van der Waals surface area (Å²) in [4.78, 5) is 25.5. The second kappa shape index (κ2) is 7.38. The van der Waals surface area contributed by atoms with Gasteiger partial charge in [0.15, 0.2) is 0 Å². The van der Waals surface area contributed by atoms with E-state index in [1.54, 1.807) is 0 Å². The number of carbonyl (C=O) groups is 2. The number of urea groups is 1. The third kappa shape index (κ3) is 3.99. The van der Waals surface area contributed by atoms with Crippen LogP contribution in [-0.2, 0) is 11.3 Å². The highest BCUT2D eigenvalue weighted by Gasteiger charge is 2.39.